The molecule has 1 aromatic carbocycles. The van der Waals surface area contributed by atoms with E-state index in [9.17, 15) is 27.6 Å². The number of benzene rings is 1. The molecule has 0 spiro atoms. The van der Waals surface area contributed by atoms with E-state index in [2.05, 4.69) is 5.32 Å². The first-order valence-electron chi connectivity index (χ1n) is 7.49. The first-order chi connectivity index (χ1) is 11.2. The number of nitrogens with one attached hydrogen (secondary N) is 1. The third-order valence-electron chi connectivity index (χ3n) is 4.37. The number of rotatable bonds is 1. The summed E-state index contributed by atoms with van der Waals surface area (Å²) in [6, 6.07) is 1.82. The molecule has 5 nitrogen and oxygen atoms in total. The fourth-order valence-electron chi connectivity index (χ4n) is 3.28. The minimum absolute atomic E-state index is 0.0263. The Balaban J connectivity index is 1.96. The molecule has 0 saturated carbocycles. The smallest absolute Gasteiger partial charge is 0.326 e. The number of alkyl halides is 3. The van der Waals surface area contributed by atoms with Crippen LogP contribution in [-0.4, -0.2) is 28.7 Å². The third-order valence-corrected chi connectivity index (χ3v) is 4.37. The lowest BCUT2D eigenvalue weighted by Crippen LogP contribution is -2.55. The van der Waals surface area contributed by atoms with Crippen molar-refractivity contribution in [2.75, 3.05) is 0 Å². The summed E-state index contributed by atoms with van der Waals surface area (Å²) < 4.78 is 39.6. The first-order valence-corrected chi connectivity index (χ1v) is 7.49. The SMILES string of the molecule is Cc1cc2c(c(C(F)(F)F)c1)CC(=O)N(C1CCC(=O)NC1=O)C2. The number of carbonyl (C=O) groups excluding carboxylic acids is 3. The van der Waals surface area contributed by atoms with Gasteiger partial charge in [0.15, 0.2) is 0 Å². The summed E-state index contributed by atoms with van der Waals surface area (Å²) in [5, 5.41) is 2.17. The van der Waals surface area contributed by atoms with E-state index in [1.165, 1.54) is 4.90 Å². The number of hydrogen-bond donors (Lipinski definition) is 1. The molecule has 128 valence electrons. The van der Waals surface area contributed by atoms with Gasteiger partial charge in [0.1, 0.15) is 6.04 Å². The van der Waals surface area contributed by atoms with Gasteiger partial charge in [-0.25, -0.2) is 0 Å². The Kier molecular flexibility index (Phi) is 3.85. The van der Waals surface area contributed by atoms with Crippen molar-refractivity contribution >= 4 is 17.7 Å². The van der Waals surface area contributed by atoms with Gasteiger partial charge in [0.05, 0.1) is 12.0 Å². The lowest BCUT2D eigenvalue weighted by atomic mass is 9.90. The van der Waals surface area contributed by atoms with Gasteiger partial charge in [0.25, 0.3) is 0 Å². The fraction of sp³-hybridized carbons (Fsp3) is 0.438. The van der Waals surface area contributed by atoms with Crippen molar-refractivity contribution in [2.45, 2.75) is 44.9 Å². The summed E-state index contributed by atoms with van der Waals surface area (Å²) in [4.78, 5) is 36.8. The number of carbonyl (C=O) groups is 3. The molecule has 0 radical (unpaired) electrons. The average molecular weight is 340 g/mol. The van der Waals surface area contributed by atoms with Crippen LogP contribution in [0, 0.1) is 6.92 Å². The zero-order chi connectivity index (χ0) is 17.6. The molecule has 1 N–H and O–H groups in total. The molecule has 8 heteroatoms. The molecule has 0 aliphatic carbocycles. The average Bonchev–Trinajstić information content (AvgIpc) is 2.46. The molecule has 1 aromatic rings. The molecule has 2 aliphatic heterocycles. The van der Waals surface area contributed by atoms with E-state index in [0.29, 0.717) is 11.1 Å². The second-order valence-corrected chi connectivity index (χ2v) is 6.11. The number of piperidine rings is 1. The van der Waals surface area contributed by atoms with Crippen LogP contribution in [0.15, 0.2) is 12.1 Å². The molecule has 2 heterocycles. The molecule has 0 aromatic heterocycles. The van der Waals surface area contributed by atoms with Crippen molar-refractivity contribution in [1.82, 2.24) is 10.2 Å². The predicted octanol–water partition coefficient (Wildman–Crippen LogP) is 1.70. The Morgan fingerprint density at radius 2 is 1.92 bits per heavy atom. The minimum Gasteiger partial charge on any atom is -0.326 e. The standard InChI is InChI=1S/C16H15F3N2O3/c1-8-4-9-7-21(12-2-3-13(22)20-15(12)24)14(23)6-10(9)11(5-8)16(17,18)19/h4-5,12H,2-3,6-7H2,1H3,(H,20,22,24). The Hall–Kier alpha value is -2.38. The topological polar surface area (TPSA) is 66.5 Å². The van der Waals surface area contributed by atoms with Gasteiger partial charge in [0.2, 0.25) is 17.7 Å². The van der Waals surface area contributed by atoms with E-state index in [4.69, 9.17) is 0 Å². The van der Waals surface area contributed by atoms with E-state index in [1.54, 1.807) is 13.0 Å². The quantitative estimate of drug-likeness (QED) is 0.792. The number of nitrogens with zero attached hydrogens (tertiary/aromatic N) is 1. The zero-order valence-corrected chi connectivity index (χ0v) is 12.9. The minimum atomic E-state index is -4.53. The summed E-state index contributed by atoms with van der Waals surface area (Å²) >= 11 is 0. The highest BCUT2D eigenvalue weighted by atomic mass is 19.4. The third kappa shape index (κ3) is 2.88. The lowest BCUT2D eigenvalue weighted by Gasteiger charge is -2.37. The van der Waals surface area contributed by atoms with Crippen LogP contribution < -0.4 is 5.32 Å². The molecule has 0 bridgehead atoms. The van der Waals surface area contributed by atoms with E-state index in [-0.39, 0.29) is 24.9 Å². The van der Waals surface area contributed by atoms with Gasteiger partial charge in [-0.1, -0.05) is 11.6 Å². The van der Waals surface area contributed by atoms with Crippen LogP contribution in [0.3, 0.4) is 0 Å². The van der Waals surface area contributed by atoms with Gasteiger partial charge in [-0.15, -0.1) is 0 Å². The number of fused-ring (bicyclic) bond motifs is 1. The first kappa shape index (κ1) is 16.5. The monoisotopic (exact) mass is 340 g/mol. The fourth-order valence-corrected chi connectivity index (χ4v) is 3.28. The van der Waals surface area contributed by atoms with Gasteiger partial charge in [-0.2, -0.15) is 13.2 Å². The van der Waals surface area contributed by atoms with Crippen LogP contribution in [-0.2, 0) is 33.5 Å². The van der Waals surface area contributed by atoms with E-state index in [0.717, 1.165) is 6.07 Å². The molecule has 1 saturated heterocycles. The molecule has 24 heavy (non-hydrogen) atoms. The molecule has 1 unspecified atom stereocenters. The van der Waals surface area contributed by atoms with Crippen molar-refractivity contribution in [2.24, 2.45) is 0 Å². The van der Waals surface area contributed by atoms with E-state index in [1.807, 2.05) is 0 Å². The van der Waals surface area contributed by atoms with Crippen molar-refractivity contribution in [1.29, 1.82) is 0 Å². The number of imide groups is 1. The maximum atomic E-state index is 13.2. The second kappa shape index (κ2) is 5.61. The Labute approximate surface area is 135 Å². The molecular weight excluding hydrogens is 325 g/mol. The molecule has 1 atom stereocenters. The normalized spacial score (nSPS) is 21.6. The van der Waals surface area contributed by atoms with Crippen LogP contribution in [0.25, 0.3) is 0 Å². The van der Waals surface area contributed by atoms with Gasteiger partial charge < -0.3 is 4.90 Å². The van der Waals surface area contributed by atoms with Crippen molar-refractivity contribution in [3.8, 4) is 0 Å². The molecule has 2 aliphatic rings. The summed E-state index contributed by atoms with van der Waals surface area (Å²) in [5.74, 6) is -1.52. The lowest BCUT2D eigenvalue weighted by molar-refractivity contribution is -0.147. The van der Waals surface area contributed by atoms with Gasteiger partial charge >= 0.3 is 6.18 Å². The van der Waals surface area contributed by atoms with E-state index >= 15 is 0 Å². The molecular formula is C16H15F3N2O3. The molecule has 3 rings (SSSR count). The number of hydrogen-bond acceptors (Lipinski definition) is 3. The second-order valence-electron chi connectivity index (χ2n) is 6.11. The number of halogens is 3. The van der Waals surface area contributed by atoms with Crippen LogP contribution in [0.1, 0.15) is 35.1 Å². The maximum Gasteiger partial charge on any atom is 0.416 e. The summed E-state index contributed by atoms with van der Waals surface area (Å²) in [6.45, 7) is 1.49. The van der Waals surface area contributed by atoms with Crippen LogP contribution in [0.4, 0.5) is 13.2 Å². The van der Waals surface area contributed by atoms with Crippen molar-refractivity contribution in [3.05, 3.63) is 34.4 Å². The highest BCUT2D eigenvalue weighted by molar-refractivity contribution is 6.02. The summed E-state index contributed by atoms with van der Waals surface area (Å²) in [5.41, 5.74) is 0.0145. The van der Waals surface area contributed by atoms with Crippen LogP contribution in [0.5, 0.6) is 0 Å². The maximum absolute atomic E-state index is 13.2. The van der Waals surface area contributed by atoms with Crippen LogP contribution in [0.2, 0.25) is 0 Å². The van der Waals surface area contributed by atoms with Gasteiger partial charge in [0, 0.05) is 13.0 Å². The van der Waals surface area contributed by atoms with Gasteiger partial charge in [-0.3, -0.25) is 19.7 Å². The van der Waals surface area contributed by atoms with Crippen molar-refractivity contribution < 1.29 is 27.6 Å². The van der Waals surface area contributed by atoms with E-state index < -0.39 is 41.9 Å². The Morgan fingerprint density at radius 3 is 2.54 bits per heavy atom. The van der Waals surface area contributed by atoms with Crippen LogP contribution >= 0.6 is 0 Å². The Morgan fingerprint density at radius 1 is 1.21 bits per heavy atom. The Bertz CT molecular complexity index is 743. The largest absolute Gasteiger partial charge is 0.416 e. The van der Waals surface area contributed by atoms with Gasteiger partial charge in [-0.05, 0) is 30.5 Å². The molecule has 3 amide bonds. The highest BCUT2D eigenvalue weighted by Gasteiger charge is 2.41. The number of amides is 3. The highest BCUT2D eigenvalue weighted by Crippen LogP contribution is 2.37. The molecule has 1 fully saturated rings. The zero-order valence-electron chi connectivity index (χ0n) is 12.9. The summed E-state index contributed by atoms with van der Waals surface area (Å²) in [7, 11) is 0. The van der Waals surface area contributed by atoms with Crippen molar-refractivity contribution in [3.63, 3.8) is 0 Å². The number of aryl methyl sites for hydroxylation is 1. The predicted molar refractivity (Wildman–Crippen MR) is 76.6 cm³/mol. The summed E-state index contributed by atoms with van der Waals surface area (Å²) in [6.07, 6.45) is -4.65.